The number of Topliss-reactive ketones (excluding diaryl/α,β-unsaturated/α-hetero) is 1. The molecule has 0 aliphatic heterocycles. The molecule has 0 radical (unpaired) electrons. The van der Waals surface area contributed by atoms with E-state index in [-0.39, 0.29) is 29.8 Å². The molecule has 0 aromatic rings. The molecule has 0 bridgehead atoms. The molecule has 0 spiro atoms. The standard InChI is InChI=1S/C22H29FO4/c1-12-9-17-16-6-5-14-10-15(25)7-8-19(14,3)21(16,23)18(26)11-20(17,4)22(12,27)13(2)24/h7-8,10,12,16-18,26-27H,5-6,9,11H2,1-4H3/t12?,16-,17-,18?,19-,20-,21-,22-/m0/s1. The second-order valence-electron chi connectivity index (χ2n) is 9.72. The molecule has 2 unspecified atom stereocenters. The first-order chi connectivity index (χ1) is 12.4. The van der Waals surface area contributed by atoms with Gasteiger partial charge in [-0.2, -0.15) is 0 Å². The summed E-state index contributed by atoms with van der Waals surface area (Å²) in [5.74, 6) is -1.39. The molecule has 27 heavy (non-hydrogen) atoms. The predicted molar refractivity (Wildman–Crippen MR) is 98.5 cm³/mol. The zero-order valence-electron chi connectivity index (χ0n) is 16.5. The van der Waals surface area contributed by atoms with Crippen molar-refractivity contribution < 1.29 is 24.2 Å². The number of ketones is 2. The van der Waals surface area contributed by atoms with Crippen molar-refractivity contribution in [2.24, 2.45) is 28.6 Å². The van der Waals surface area contributed by atoms with E-state index in [1.54, 1.807) is 13.0 Å². The molecule has 2 N–H and O–H groups in total. The van der Waals surface area contributed by atoms with Gasteiger partial charge in [0.05, 0.1) is 6.10 Å². The molecular formula is C22H29FO4. The van der Waals surface area contributed by atoms with Crippen LogP contribution in [-0.2, 0) is 9.59 Å². The highest BCUT2D eigenvalue weighted by Gasteiger charge is 2.75. The Hall–Kier alpha value is -1.33. The summed E-state index contributed by atoms with van der Waals surface area (Å²) in [4.78, 5) is 24.3. The number of rotatable bonds is 1. The summed E-state index contributed by atoms with van der Waals surface area (Å²) < 4.78 is 16.8. The molecule has 0 amide bonds. The monoisotopic (exact) mass is 376 g/mol. The normalized spacial score (nSPS) is 54.0. The molecule has 5 heteroatoms. The highest BCUT2D eigenvalue weighted by molar-refractivity contribution is 6.01. The molecule has 4 aliphatic carbocycles. The Labute approximate surface area is 159 Å². The van der Waals surface area contributed by atoms with Crippen LogP contribution < -0.4 is 0 Å². The maximum atomic E-state index is 16.8. The van der Waals surface area contributed by atoms with E-state index in [9.17, 15) is 19.8 Å². The van der Waals surface area contributed by atoms with Gasteiger partial charge >= 0.3 is 0 Å². The number of carbonyl (C=O) groups is 2. The molecule has 8 atom stereocenters. The summed E-state index contributed by atoms with van der Waals surface area (Å²) in [6.45, 7) is 6.87. The molecule has 4 rings (SSSR count). The third-order valence-corrected chi connectivity index (χ3v) is 8.76. The van der Waals surface area contributed by atoms with Crippen molar-refractivity contribution in [1.29, 1.82) is 0 Å². The number of allylic oxidation sites excluding steroid dienone is 4. The van der Waals surface area contributed by atoms with Crippen molar-refractivity contribution in [3.8, 4) is 0 Å². The minimum absolute atomic E-state index is 0.0374. The molecule has 148 valence electrons. The third-order valence-electron chi connectivity index (χ3n) is 8.76. The molecular weight excluding hydrogens is 347 g/mol. The quantitative estimate of drug-likeness (QED) is 0.738. The average Bonchev–Trinajstić information content (AvgIpc) is 2.79. The van der Waals surface area contributed by atoms with Gasteiger partial charge in [0.25, 0.3) is 0 Å². The highest BCUT2D eigenvalue weighted by atomic mass is 19.1. The number of hydrogen-bond donors (Lipinski definition) is 2. The number of alkyl halides is 1. The molecule has 0 saturated heterocycles. The molecule has 4 aliphatic rings. The van der Waals surface area contributed by atoms with Gasteiger partial charge in [0.1, 0.15) is 5.60 Å². The van der Waals surface area contributed by atoms with Gasteiger partial charge in [0, 0.05) is 16.7 Å². The van der Waals surface area contributed by atoms with Gasteiger partial charge in [-0.25, -0.2) is 4.39 Å². The first-order valence-corrected chi connectivity index (χ1v) is 9.97. The number of hydrogen-bond acceptors (Lipinski definition) is 4. The lowest BCUT2D eigenvalue weighted by molar-refractivity contribution is -0.218. The number of fused-ring (bicyclic) bond motifs is 5. The minimum Gasteiger partial charge on any atom is -0.390 e. The van der Waals surface area contributed by atoms with Crippen molar-refractivity contribution in [2.75, 3.05) is 0 Å². The van der Waals surface area contributed by atoms with Crippen LogP contribution >= 0.6 is 0 Å². The Bertz CT molecular complexity index is 787. The summed E-state index contributed by atoms with van der Waals surface area (Å²) in [5.41, 5.74) is -4.62. The van der Waals surface area contributed by atoms with Gasteiger partial charge < -0.3 is 10.2 Å². The van der Waals surface area contributed by atoms with Crippen LogP contribution in [0.4, 0.5) is 4.39 Å². The Kier molecular flexibility index (Phi) is 3.79. The van der Waals surface area contributed by atoms with Gasteiger partial charge in [-0.15, -0.1) is 0 Å². The van der Waals surface area contributed by atoms with Gasteiger partial charge in [-0.1, -0.05) is 25.5 Å². The maximum Gasteiger partial charge on any atom is 0.178 e. The van der Waals surface area contributed by atoms with E-state index in [4.69, 9.17) is 0 Å². The van der Waals surface area contributed by atoms with Crippen molar-refractivity contribution in [1.82, 2.24) is 0 Å². The number of aliphatic hydroxyl groups is 2. The summed E-state index contributed by atoms with van der Waals surface area (Å²) in [6.07, 6.45) is 4.93. The van der Waals surface area contributed by atoms with E-state index < -0.39 is 34.1 Å². The first-order valence-electron chi connectivity index (χ1n) is 9.97. The second kappa shape index (κ2) is 5.38. The second-order valence-corrected chi connectivity index (χ2v) is 9.72. The molecule has 3 fully saturated rings. The van der Waals surface area contributed by atoms with Crippen LogP contribution in [0.2, 0.25) is 0 Å². The fourth-order valence-corrected chi connectivity index (χ4v) is 7.30. The van der Waals surface area contributed by atoms with E-state index >= 15 is 4.39 Å². The topological polar surface area (TPSA) is 74.6 Å². The van der Waals surface area contributed by atoms with Crippen molar-refractivity contribution >= 4 is 11.6 Å². The van der Waals surface area contributed by atoms with Gasteiger partial charge in [-0.05, 0) is 63.5 Å². The summed E-state index contributed by atoms with van der Waals surface area (Å²) in [5, 5.41) is 22.5. The molecule has 4 nitrogen and oxygen atoms in total. The summed E-state index contributed by atoms with van der Waals surface area (Å²) >= 11 is 0. The fourth-order valence-electron chi connectivity index (χ4n) is 7.30. The van der Waals surface area contributed by atoms with Crippen LogP contribution in [-0.4, -0.2) is 39.2 Å². The Morgan fingerprint density at radius 3 is 2.59 bits per heavy atom. The SMILES string of the molecule is CC(=O)[C@@]1(O)C(C)C[C@H]2[C@@H]3CCC4=CC(=O)C=C[C@]4(C)[C@@]3(F)C(O)C[C@@]21C. The van der Waals surface area contributed by atoms with E-state index in [1.807, 2.05) is 13.8 Å². The lowest BCUT2D eigenvalue weighted by atomic mass is 9.44. The lowest BCUT2D eigenvalue weighted by Gasteiger charge is -2.62. The fraction of sp³-hybridized carbons (Fsp3) is 0.727. The van der Waals surface area contributed by atoms with Crippen LogP contribution in [0.3, 0.4) is 0 Å². The van der Waals surface area contributed by atoms with Crippen molar-refractivity contribution in [3.63, 3.8) is 0 Å². The number of carbonyl (C=O) groups excluding carboxylic acids is 2. The van der Waals surface area contributed by atoms with Crippen LogP contribution in [0, 0.1) is 28.6 Å². The number of aliphatic hydroxyl groups excluding tert-OH is 1. The molecule has 0 aromatic heterocycles. The average molecular weight is 376 g/mol. The highest BCUT2D eigenvalue weighted by Crippen LogP contribution is 2.70. The Morgan fingerprint density at radius 1 is 1.30 bits per heavy atom. The smallest absolute Gasteiger partial charge is 0.178 e. The van der Waals surface area contributed by atoms with Crippen LogP contribution in [0.15, 0.2) is 23.8 Å². The predicted octanol–water partition coefficient (Wildman–Crippen LogP) is 2.92. The third kappa shape index (κ3) is 1.95. The largest absolute Gasteiger partial charge is 0.390 e. The first kappa shape index (κ1) is 19.0. The minimum atomic E-state index is -1.92. The summed E-state index contributed by atoms with van der Waals surface area (Å²) in [7, 11) is 0. The Balaban J connectivity index is 1.85. The van der Waals surface area contributed by atoms with Gasteiger partial charge in [0.2, 0.25) is 0 Å². The van der Waals surface area contributed by atoms with Gasteiger partial charge in [0.15, 0.2) is 17.2 Å². The van der Waals surface area contributed by atoms with Crippen molar-refractivity contribution in [3.05, 3.63) is 23.8 Å². The van der Waals surface area contributed by atoms with E-state index in [2.05, 4.69) is 0 Å². The molecule has 0 aromatic carbocycles. The van der Waals surface area contributed by atoms with Gasteiger partial charge in [-0.3, -0.25) is 9.59 Å². The maximum absolute atomic E-state index is 16.8. The van der Waals surface area contributed by atoms with E-state index in [0.717, 1.165) is 5.57 Å². The summed E-state index contributed by atoms with van der Waals surface area (Å²) in [6, 6.07) is 0. The lowest BCUT2D eigenvalue weighted by Crippen LogP contribution is -2.69. The number of halogens is 1. The zero-order valence-corrected chi connectivity index (χ0v) is 16.5. The van der Waals surface area contributed by atoms with Crippen molar-refractivity contribution in [2.45, 2.75) is 70.8 Å². The zero-order chi connectivity index (χ0) is 20.0. The van der Waals surface area contributed by atoms with Crippen LogP contribution in [0.25, 0.3) is 0 Å². The van der Waals surface area contributed by atoms with Crippen LogP contribution in [0.5, 0.6) is 0 Å². The molecule has 3 saturated carbocycles. The van der Waals surface area contributed by atoms with E-state index in [0.29, 0.717) is 19.3 Å². The Morgan fingerprint density at radius 2 is 1.96 bits per heavy atom. The van der Waals surface area contributed by atoms with Crippen LogP contribution in [0.1, 0.15) is 53.4 Å². The van der Waals surface area contributed by atoms with E-state index in [1.165, 1.54) is 19.1 Å². The molecule has 0 heterocycles.